The Morgan fingerprint density at radius 2 is 2.14 bits per heavy atom. The number of hydrogen-bond acceptors (Lipinski definition) is 4. The van der Waals surface area contributed by atoms with Crippen LogP contribution in [0.3, 0.4) is 0 Å². The van der Waals surface area contributed by atoms with Crippen molar-refractivity contribution in [3.8, 4) is 5.88 Å². The Morgan fingerprint density at radius 3 is 2.90 bits per heavy atom. The van der Waals surface area contributed by atoms with Crippen LogP contribution >= 0.6 is 0 Å². The quantitative estimate of drug-likeness (QED) is 0.770. The molecule has 0 fully saturated rings. The molecule has 0 aliphatic heterocycles. The van der Waals surface area contributed by atoms with Crippen molar-refractivity contribution in [2.24, 2.45) is 5.73 Å². The number of carbonyl (C=O) groups excluding carboxylic acids is 1. The molecule has 1 aromatic carbocycles. The summed E-state index contributed by atoms with van der Waals surface area (Å²) in [5.41, 5.74) is 7.39. The highest BCUT2D eigenvalue weighted by atomic mass is 16.5. The molecule has 106 valence electrons. The molecule has 0 bridgehead atoms. The van der Waals surface area contributed by atoms with Crippen LogP contribution in [0, 0.1) is 0 Å². The van der Waals surface area contributed by atoms with Gasteiger partial charge in [-0.05, 0) is 24.3 Å². The fraction of sp³-hybridized carbons (Fsp3) is 0.133. The molecule has 2 N–H and O–H groups in total. The Balaban J connectivity index is 1.71. The second-order valence-electron chi connectivity index (χ2n) is 4.52. The number of nitrogens with zero attached hydrogens (tertiary/aromatic N) is 3. The number of ether oxygens (including phenoxy) is 1. The molecule has 21 heavy (non-hydrogen) atoms. The number of amides is 1. The van der Waals surface area contributed by atoms with Gasteiger partial charge in [0.05, 0.1) is 23.9 Å². The van der Waals surface area contributed by atoms with Gasteiger partial charge < -0.3 is 15.0 Å². The zero-order valence-electron chi connectivity index (χ0n) is 11.3. The highest BCUT2D eigenvalue weighted by Crippen LogP contribution is 2.15. The summed E-state index contributed by atoms with van der Waals surface area (Å²) in [6.07, 6.45) is 3.41. The standard InChI is InChI=1S/C15H14N4O2/c16-15(20)11-4-5-13-12(9-11)18-10-19(13)7-8-21-14-3-1-2-6-17-14/h1-6,9-10H,7-8H2,(H2,16,20). The summed E-state index contributed by atoms with van der Waals surface area (Å²) < 4.78 is 7.52. The molecule has 6 heteroatoms. The topological polar surface area (TPSA) is 83.0 Å². The van der Waals surface area contributed by atoms with E-state index in [9.17, 15) is 4.79 Å². The van der Waals surface area contributed by atoms with Gasteiger partial charge in [-0.15, -0.1) is 0 Å². The van der Waals surface area contributed by atoms with E-state index in [1.54, 1.807) is 24.7 Å². The van der Waals surface area contributed by atoms with E-state index < -0.39 is 5.91 Å². The van der Waals surface area contributed by atoms with Crippen molar-refractivity contribution in [3.05, 3.63) is 54.5 Å². The first kappa shape index (κ1) is 13.1. The second kappa shape index (κ2) is 5.62. The molecule has 3 rings (SSSR count). The third kappa shape index (κ3) is 2.84. The molecule has 0 unspecified atom stereocenters. The van der Waals surface area contributed by atoms with Crippen LogP contribution in [-0.2, 0) is 6.54 Å². The minimum absolute atomic E-state index is 0.454. The van der Waals surface area contributed by atoms with Crippen molar-refractivity contribution in [3.63, 3.8) is 0 Å². The normalized spacial score (nSPS) is 10.7. The van der Waals surface area contributed by atoms with Gasteiger partial charge in [-0.2, -0.15) is 0 Å². The monoisotopic (exact) mass is 282 g/mol. The van der Waals surface area contributed by atoms with Gasteiger partial charge in [0.1, 0.15) is 6.61 Å². The highest BCUT2D eigenvalue weighted by molar-refractivity contribution is 5.96. The molecule has 0 atom stereocenters. The van der Waals surface area contributed by atoms with Crippen LogP contribution in [0.5, 0.6) is 5.88 Å². The Hall–Kier alpha value is -2.89. The third-order valence-electron chi connectivity index (χ3n) is 3.13. The van der Waals surface area contributed by atoms with E-state index in [4.69, 9.17) is 10.5 Å². The first-order valence-electron chi connectivity index (χ1n) is 6.52. The van der Waals surface area contributed by atoms with Gasteiger partial charge in [0.15, 0.2) is 0 Å². The lowest BCUT2D eigenvalue weighted by Gasteiger charge is -2.06. The number of hydrogen-bond donors (Lipinski definition) is 1. The maximum absolute atomic E-state index is 11.1. The van der Waals surface area contributed by atoms with Gasteiger partial charge in [-0.25, -0.2) is 9.97 Å². The summed E-state index contributed by atoms with van der Waals surface area (Å²) in [5.74, 6) is 0.142. The number of aromatic nitrogens is 3. The number of primary amides is 1. The molecule has 0 aliphatic rings. The first-order valence-corrected chi connectivity index (χ1v) is 6.52. The van der Waals surface area contributed by atoms with Crippen molar-refractivity contribution in [1.82, 2.24) is 14.5 Å². The van der Waals surface area contributed by atoms with Gasteiger partial charge in [-0.1, -0.05) is 6.07 Å². The molecule has 1 amide bonds. The summed E-state index contributed by atoms with van der Waals surface area (Å²) in [6.45, 7) is 1.13. The number of pyridine rings is 1. The zero-order chi connectivity index (χ0) is 14.7. The molecule has 0 aliphatic carbocycles. The second-order valence-corrected chi connectivity index (χ2v) is 4.52. The molecule has 3 aromatic rings. The van der Waals surface area contributed by atoms with Crippen molar-refractivity contribution in [1.29, 1.82) is 0 Å². The van der Waals surface area contributed by atoms with Crippen molar-refractivity contribution < 1.29 is 9.53 Å². The Labute approximate surface area is 121 Å². The van der Waals surface area contributed by atoms with Crippen LogP contribution in [0.25, 0.3) is 11.0 Å². The fourth-order valence-electron chi connectivity index (χ4n) is 2.08. The van der Waals surface area contributed by atoms with E-state index in [0.717, 1.165) is 11.0 Å². The minimum Gasteiger partial charge on any atom is -0.476 e. The number of nitrogens with two attached hydrogens (primary N) is 1. The van der Waals surface area contributed by atoms with Gasteiger partial charge in [-0.3, -0.25) is 4.79 Å². The predicted molar refractivity (Wildman–Crippen MR) is 78.0 cm³/mol. The van der Waals surface area contributed by atoms with Crippen molar-refractivity contribution in [2.75, 3.05) is 6.61 Å². The smallest absolute Gasteiger partial charge is 0.248 e. The van der Waals surface area contributed by atoms with E-state index in [1.807, 2.05) is 28.8 Å². The van der Waals surface area contributed by atoms with Crippen LogP contribution in [0.4, 0.5) is 0 Å². The average Bonchev–Trinajstić information content (AvgIpc) is 2.91. The Morgan fingerprint density at radius 1 is 1.24 bits per heavy atom. The van der Waals surface area contributed by atoms with E-state index in [2.05, 4.69) is 9.97 Å². The third-order valence-corrected chi connectivity index (χ3v) is 3.13. The number of benzene rings is 1. The molecule has 0 spiro atoms. The minimum atomic E-state index is -0.454. The van der Waals surface area contributed by atoms with E-state index in [-0.39, 0.29) is 0 Å². The largest absolute Gasteiger partial charge is 0.476 e. The van der Waals surface area contributed by atoms with E-state index >= 15 is 0 Å². The van der Waals surface area contributed by atoms with Crippen LogP contribution in [0.2, 0.25) is 0 Å². The van der Waals surface area contributed by atoms with Crippen LogP contribution in [0.1, 0.15) is 10.4 Å². The van der Waals surface area contributed by atoms with Gasteiger partial charge in [0.25, 0.3) is 0 Å². The summed E-state index contributed by atoms with van der Waals surface area (Å²) in [4.78, 5) is 19.5. The molecular formula is C15H14N4O2. The molecule has 0 saturated carbocycles. The zero-order valence-corrected chi connectivity index (χ0v) is 11.3. The maximum atomic E-state index is 11.1. The number of imidazole rings is 1. The summed E-state index contributed by atoms with van der Waals surface area (Å²) in [5, 5.41) is 0. The fourth-order valence-corrected chi connectivity index (χ4v) is 2.08. The van der Waals surface area contributed by atoms with Gasteiger partial charge in [0, 0.05) is 17.8 Å². The molecule has 6 nitrogen and oxygen atoms in total. The van der Waals surface area contributed by atoms with E-state index in [1.165, 1.54) is 0 Å². The molecule has 2 aromatic heterocycles. The summed E-state index contributed by atoms with van der Waals surface area (Å²) >= 11 is 0. The molecule has 0 radical (unpaired) electrons. The SMILES string of the molecule is NC(=O)c1ccc2c(c1)ncn2CCOc1ccccn1. The number of carbonyl (C=O) groups is 1. The van der Waals surface area contributed by atoms with Crippen molar-refractivity contribution in [2.45, 2.75) is 6.54 Å². The van der Waals surface area contributed by atoms with Crippen LogP contribution in [0.15, 0.2) is 48.9 Å². The van der Waals surface area contributed by atoms with Crippen LogP contribution < -0.4 is 10.5 Å². The summed E-state index contributed by atoms with van der Waals surface area (Å²) in [7, 11) is 0. The Bertz CT molecular complexity index is 768. The number of fused-ring (bicyclic) bond motifs is 1. The van der Waals surface area contributed by atoms with Gasteiger partial charge >= 0.3 is 0 Å². The average molecular weight is 282 g/mol. The van der Waals surface area contributed by atoms with Crippen molar-refractivity contribution >= 4 is 16.9 Å². The lowest BCUT2D eigenvalue weighted by Crippen LogP contribution is -2.11. The lowest BCUT2D eigenvalue weighted by atomic mass is 10.2. The molecular weight excluding hydrogens is 268 g/mol. The lowest BCUT2D eigenvalue weighted by molar-refractivity contribution is 0.100. The maximum Gasteiger partial charge on any atom is 0.248 e. The molecule has 2 heterocycles. The number of rotatable bonds is 5. The van der Waals surface area contributed by atoms with Crippen LogP contribution in [-0.4, -0.2) is 27.0 Å². The highest BCUT2D eigenvalue weighted by Gasteiger charge is 2.06. The van der Waals surface area contributed by atoms with Gasteiger partial charge in [0.2, 0.25) is 11.8 Å². The predicted octanol–water partition coefficient (Wildman–Crippen LogP) is 1.61. The first-order chi connectivity index (χ1) is 10.2. The summed E-state index contributed by atoms with van der Waals surface area (Å²) in [6, 6.07) is 10.7. The molecule has 0 saturated heterocycles. The Kier molecular flexibility index (Phi) is 3.51. The van der Waals surface area contributed by atoms with E-state index in [0.29, 0.717) is 24.6 Å².